The minimum atomic E-state index is 0.991. The first kappa shape index (κ1) is 91.2. The van der Waals surface area contributed by atoms with Crippen LogP contribution in [-0.4, -0.2) is 0 Å². The van der Waals surface area contributed by atoms with E-state index in [1.54, 1.807) is 0 Å². The maximum absolute atomic E-state index is 2.50. The first-order valence-corrected chi connectivity index (χ1v) is 48.2. The SMILES string of the molecule is Cc1c(C)c(C)c(-c2c(C)c(-c3c4c(C)c(C)c(C)c(C)c4c(-c4c(C)c(C)c(C)c5c4-c4c(C)c(C)c(C)c(C)c4C5)c4c(C)c(C)c(C)c(C)c34)c(C)c3c(C)c(C)c(C)c(C)c23)c(C)c1C.Cc1c(C)c(C)c2c(c1C)Cc1c(C)c(C)c(C)c(-c3c4c(C)c(C)c(C)c(C)c4c(-c4c(C)c(C)c(C)c5c(C)c(C)c(C)c(C)c45)c4c(C)c(C)c(C)c(C)c34)c1-2. The predicted molar refractivity (Wildman–Crippen MR) is 569 cm³/mol. The zero-order valence-corrected chi connectivity index (χ0v) is 88.4. The smallest absolute Gasteiger partial charge is 0.000766 e. The van der Waals surface area contributed by atoms with Gasteiger partial charge >= 0.3 is 0 Å². The molecule has 0 aliphatic heterocycles. The molecule has 128 heavy (non-hydrogen) atoms. The third kappa shape index (κ3) is 11.7. The van der Waals surface area contributed by atoms with Gasteiger partial charge in [0.05, 0.1) is 0 Å². The van der Waals surface area contributed by atoms with Gasteiger partial charge in [-0.3, -0.25) is 0 Å². The van der Waals surface area contributed by atoms with E-state index >= 15 is 0 Å². The highest BCUT2D eigenvalue weighted by Crippen LogP contribution is 2.63. The fourth-order valence-corrected chi connectivity index (χ4v) is 26.2. The third-order valence-electron chi connectivity index (χ3n) is 38.1. The van der Waals surface area contributed by atoms with Crippen molar-refractivity contribution in [3.05, 3.63) is 289 Å². The van der Waals surface area contributed by atoms with Gasteiger partial charge in [0.15, 0.2) is 0 Å². The van der Waals surface area contributed by atoms with Crippen molar-refractivity contribution in [3.63, 3.8) is 0 Å². The Labute approximate surface area is 771 Å². The molecule has 660 valence electrons. The highest BCUT2D eigenvalue weighted by Gasteiger charge is 2.40. The molecule has 0 atom stereocenters. The second-order valence-electron chi connectivity index (χ2n) is 42.0. The lowest BCUT2D eigenvalue weighted by Crippen LogP contribution is -2.09. The molecule has 15 aromatic carbocycles. The molecule has 0 N–H and O–H groups in total. The first-order valence-electron chi connectivity index (χ1n) is 48.2. The van der Waals surface area contributed by atoms with Gasteiger partial charge in [0, 0.05) is 0 Å². The molecule has 2 aliphatic rings. The summed E-state index contributed by atoms with van der Waals surface area (Å²) in [5.74, 6) is 0. The van der Waals surface area contributed by atoms with Crippen molar-refractivity contribution in [2.75, 3.05) is 0 Å². The van der Waals surface area contributed by atoms with Crippen molar-refractivity contribution in [2.24, 2.45) is 0 Å². The highest BCUT2D eigenvalue weighted by molar-refractivity contribution is 6.31. The normalized spacial score (nSPS) is 12.5. The number of benzene rings is 15. The molecule has 2 aliphatic carbocycles. The number of hydrogen-bond donors (Lipinski definition) is 0. The number of hydrogen-bond acceptors (Lipinski definition) is 0. The van der Waals surface area contributed by atoms with E-state index in [1.165, 1.54) is 432 Å². The standard InChI is InChI=1S/C69H80.C59H68/c1-28-30(3)42(15)56(43(16)31(28)4)66-53(26)58(52(25)57-44(17)33(6)34(7)46(19)60(57)66)68-61-47(20)35(8)37(10)49(22)63(61)69(64-50(23)38(11)36(9)48(21)62(64)68)65-51(24)39(12)41(14)55-27-54-40(13)29(2)32(5)45(18)59(54)67(55)65;1-24-25(2)38(15)49-46(34(24)11)23-47-35(12)32(9)44(21)56(57(47)49)59-54-42(19)30(7)28(5)40(17)52(54)58(53-41(18)29(6)31(8)43(20)55(53)59)51-45(22)33(10)37(14)48-36(13)26(3)27(4)39(16)50(48)51/h27H2,1-26H3;23H2,1-22H3. The van der Waals surface area contributed by atoms with Crippen molar-refractivity contribution in [3.8, 4) is 77.9 Å². The Hall–Kier alpha value is -10.1. The van der Waals surface area contributed by atoms with Gasteiger partial charge in [-0.25, -0.2) is 0 Å². The molecule has 0 nitrogen and oxygen atoms in total. The van der Waals surface area contributed by atoms with Gasteiger partial charge in [-0.2, -0.15) is 0 Å². The van der Waals surface area contributed by atoms with Crippen LogP contribution in [0.1, 0.15) is 289 Å². The van der Waals surface area contributed by atoms with Gasteiger partial charge < -0.3 is 0 Å². The lowest BCUT2D eigenvalue weighted by atomic mass is 9.71. The van der Waals surface area contributed by atoms with Gasteiger partial charge in [0.25, 0.3) is 0 Å². The summed E-state index contributed by atoms with van der Waals surface area (Å²) in [4.78, 5) is 0. The molecule has 0 unspecified atom stereocenters. The van der Waals surface area contributed by atoms with E-state index in [9.17, 15) is 0 Å². The first-order chi connectivity index (χ1) is 59.7. The number of aryl methyl sites for hydroxylation is 14. The van der Waals surface area contributed by atoms with E-state index in [0.717, 1.165) is 12.8 Å². The summed E-state index contributed by atoms with van der Waals surface area (Å²) in [6, 6.07) is 0. The Balaban J connectivity index is 0.000000190. The predicted octanol–water partition coefficient (Wildman–Crippen LogP) is 36.6. The van der Waals surface area contributed by atoms with E-state index in [0.29, 0.717) is 0 Å². The van der Waals surface area contributed by atoms with Crippen LogP contribution in [0.2, 0.25) is 0 Å². The van der Waals surface area contributed by atoms with Gasteiger partial charge in [-0.05, 0) is 777 Å². The quantitative estimate of drug-likeness (QED) is 0.151. The average molecular weight is 1690 g/mol. The summed E-state index contributed by atoms with van der Waals surface area (Å²) in [5.41, 5.74) is 94.7. The van der Waals surface area contributed by atoms with Crippen LogP contribution in [0.3, 0.4) is 0 Å². The fraction of sp³-hybridized carbons (Fsp3) is 0.391. The molecule has 0 spiro atoms. The van der Waals surface area contributed by atoms with E-state index in [-0.39, 0.29) is 0 Å². The molecule has 0 aromatic heterocycles. The summed E-state index contributed by atoms with van der Waals surface area (Å²) in [6.07, 6.45) is 2.00. The lowest BCUT2D eigenvalue weighted by Gasteiger charge is -2.32. The van der Waals surface area contributed by atoms with Crippen LogP contribution in [0, 0.1) is 332 Å². The maximum Gasteiger partial charge on any atom is -0.000766 e. The fourth-order valence-electron chi connectivity index (χ4n) is 26.2. The van der Waals surface area contributed by atoms with Crippen LogP contribution in [0.25, 0.3) is 143 Å². The summed E-state index contributed by atoms with van der Waals surface area (Å²) in [5, 5.41) is 17.3. The molecule has 0 heteroatoms. The molecule has 15 aromatic rings. The molecular formula is C128H148. The minimum Gasteiger partial charge on any atom is -0.0447 e. The second-order valence-corrected chi connectivity index (χ2v) is 42.0. The third-order valence-corrected chi connectivity index (χ3v) is 38.1. The van der Waals surface area contributed by atoms with Crippen molar-refractivity contribution in [1.29, 1.82) is 0 Å². The van der Waals surface area contributed by atoms with E-state index < -0.39 is 0 Å². The van der Waals surface area contributed by atoms with E-state index in [2.05, 4.69) is 332 Å². The van der Waals surface area contributed by atoms with Crippen molar-refractivity contribution in [1.82, 2.24) is 0 Å². The van der Waals surface area contributed by atoms with Crippen LogP contribution in [0.4, 0.5) is 0 Å². The van der Waals surface area contributed by atoms with Crippen LogP contribution >= 0.6 is 0 Å². The summed E-state index contributed by atoms with van der Waals surface area (Å²) < 4.78 is 0. The van der Waals surface area contributed by atoms with Crippen LogP contribution in [0.15, 0.2) is 0 Å². The average Bonchev–Trinajstić information content (AvgIpc) is 0.881. The van der Waals surface area contributed by atoms with Crippen LogP contribution in [-0.2, 0) is 12.8 Å². The topological polar surface area (TPSA) is 0 Å². The molecule has 0 amide bonds. The van der Waals surface area contributed by atoms with Crippen molar-refractivity contribution in [2.45, 2.75) is 345 Å². The Morgan fingerprint density at radius 3 is 0.445 bits per heavy atom. The lowest BCUT2D eigenvalue weighted by molar-refractivity contribution is 1.12. The molecule has 0 heterocycles. The maximum atomic E-state index is 2.50. The largest absolute Gasteiger partial charge is 0.0447 e. The minimum absolute atomic E-state index is 0.991. The molecule has 0 saturated carbocycles. The zero-order chi connectivity index (χ0) is 94.4. The van der Waals surface area contributed by atoms with Gasteiger partial charge in [0.2, 0.25) is 0 Å². The Morgan fingerprint density at radius 2 is 0.195 bits per heavy atom. The Morgan fingerprint density at radius 1 is 0.0703 bits per heavy atom. The van der Waals surface area contributed by atoms with E-state index in [1.807, 2.05) is 0 Å². The summed E-state index contributed by atoms with van der Waals surface area (Å²) in [7, 11) is 0. The molecule has 0 radical (unpaired) electrons. The molecule has 0 fully saturated rings. The van der Waals surface area contributed by atoms with Gasteiger partial charge in [-0.1, -0.05) is 0 Å². The Bertz CT molecular complexity index is 7620. The van der Waals surface area contributed by atoms with Crippen molar-refractivity contribution >= 4 is 64.6 Å². The molecule has 0 saturated heterocycles. The monoisotopic (exact) mass is 1690 g/mol. The summed E-state index contributed by atoms with van der Waals surface area (Å²) in [6.45, 7) is 115. The number of fused-ring (bicyclic) bond motifs is 12. The molecule has 0 bridgehead atoms. The molecular weight excluding hydrogens is 1540 g/mol. The van der Waals surface area contributed by atoms with Crippen LogP contribution < -0.4 is 0 Å². The Kier molecular flexibility index (Phi) is 21.9. The second kappa shape index (κ2) is 30.8. The van der Waals surface area contributed by atoms with Crippen LogP contribution in [0.5, 0.6) is 0 Å². The van der Waals surface area contributed by atoms with Crippen molar-refractivity contribution < 1.29 is 0 Å². The van der Waals surface area contributed by atoms with E-state index in [4.69, 9.17) is 0 Å². The zero-order valence-electron chi connectivity index (χ0n) is 88.4. The molecule has 17 rings (SSSR count). The van der Waals surface area contributed by atoms with Gasteiger partial charge in [-0.15, -0.1) is 0 Å². The number of rotatable bonds is 5. The van der Waals surface area contributed by atoms with Gasteiger partial charge in [0.1, 0.15) is 0 Å². The summed E-state index contributed by atoms with van der Waals surface area (Å²) >= 11 is 0. The highest BCUT2D eigenvalue weighted by atomic mass is 14.4.